The van der Waals surface area contributed by atoms with Gasteiger partial charge in [-0.15, -0.1) is 23.7 Å². The molecule has 2 aliphatic rings. The van der Waals surface area contributed by atoms with Gasteiger partial charge in [-0.3, -0.25) is 4.79 Å². The Morgan fingerprint density at radius 1 is 1.44 bits per heavy atom. The van der Waals surface area contributed by atoms with Gasteiger partial charge in [-0.1, -0.05) is 0 Å². The van der Waals surface area contributed by atoms with E-state index in [0.717, 1.165) is 49.0 Å². The van der Waals surface area contributed by atoms with E-state index >= 15 is 0 Å². The maximum absolute atomic E-state index is 12.4. The van der Waals surface area contributed by atoms with Gasteiger partial charge in [-0.25, -0.2) is 0 Å². The Labute approximate surface area is 118 Å². The highest BCUT2D eigenvalue weighted by Gasteiger charge is 2.35. The van der Waals surface area contributed by atoms with Crippen LogP contribution >= 0.6 is 23.7 Å². The van der Waals surface area contributed by atoms with E-state index in [9.17, 15) is 4.79 Å². The van der Waals surface area contributed by atoms with Gasteiger partial charge in [-0.2, -0.15) is 0 Å². The molecule has 18 heavy (non-hydrogen) atoms. The number of hydrogen-bond donors (Lipinski definition) is 1. The molecule has 5 heteroatoms. The predicted octanol–water partition coefficient (Wildman–Crippen LogP) is 2.16. The largest absolute Gasteiger partial charge is 0.338 e. The van der Waals surface area contributed by atoms with Crippen LogP contribution in [0.2, 0.25) is 0 Å². The molecule has 2 fully saturated rings. The highest BCUT2D eigenvalue weighted by molar-refractivity contribution is 7.12. The Hall–Kier alpha value is -0.580. The van der Waals surface area contributed by atoms with E-state index in [4.69, 9.17) is 0 Å². The number of aryl methyl sites for hydroxylation is 1. The number of carbonyl (C=O) groups excluding carboxylic acids is 1. The molecule has 3 rings (SSSR count). The SMILES string of the molecule is Cc1ccsc1C(=O)N1CCC2CNCC2C1.Cl. The molecule has 2 atom stereocenters. The molecule has 0 saturated carbocycles. The number of hydrogen-bond acceptors (Lipinski definition) is 3. The summed E-state index contributed by atoms with van der Waals surface area (Å²) in [5, 5.41) is 5.44. The summed E-state index contributed by atoms with van der Waals surface area (Å²) in [5.41, 5.74) is 1.12. The molecular formula is C13H19ClN2OS. The standard InChI is InChI=1S/C13H18N2OS.ClH/c1-9-3-5-17-12(9)13(16)15-4-2-10-6-14-7-11(10)8-15;/h3,5,10-11,14H,2,4,6-8H2,1H3;1H. The first-order chi connectivity index (χ1) is 8.25. The fraction of sp³-hybridized carbons (Fsp3) is 0.615. The van der Waals surface area contributed by atoms with E-state index in [2.05, 4.69) is 5.32 Å². The molecule has 2 unspecified atom stereocenters. The van der Waals surface area contributed by atoms with Crippen LogP contribution in [0.3, 0.4) is 0 Å². The van der Waals surface area contributed by atoms with Crippen LogP contribution in [-0.2, 0) is 0 Å². The minimum Gasteiger partial charge on any atom is -0.338 e. The molecule has 0 spiro atoms. The Bertz CT molecular complexity index is 434. The minimum absolute atomic E-state index is 0. The topological polar surface area (TPSA) is 32.3 Å². The van der Waals surface area contributed by atoms with E-state index in [1.165, 1.54) is 0 Å². The maximum atomic E-state index is 12.4. The highest BCUT2D eigenvalue weighted by Crippen LogP contribution is 2.28. The number of carbonyl (C=O) groups is 1. The monoisotopic (exact) mass is 286 g/mol. The molecule has 1 aromatic rings. The lowest BCUT2D eigenvalue weighted by Crippen LogP contribution is -2.43. The smallest absolute Gasteiger partial charge is 0.264 e. The Morgan fingerprint density at radius 2 is 2.22 bits per heavy atom. The maximum Gasteiger partial charge on any atom is 0.264 e. The van der Waals surface area contributed by atoms with Crippen LogP contribution in [0.5, 0.6) is 0 Å². The van der Waals surface area contributed by atoms with Crippen molar-refractivity contribution < 1.29 is 4.79 Å². The second-order valence-electron chi connectivity index (χ2n) is 5.15. The average Bonchev–Trinajstić information content (AvgIpc) is 2.95. The summed E-state index contributed by atoms with van der Waals surface area (Å²) in [6, 6.07) is 2.03. The summed E-state index contributed by atoms with van der Waals surface area (Å²) in [6.07, 6.45) is 1.16. The van der Waals surface area contributed by atoms with E-state index in [1.54, 1.807) is 11.3 Å². The number of amides is 1. The quantitative estimate of drug-likeness (QED) is 0.858. The fourth-order valence-corrected chi connectivity index (χ4v) is 3.85. The molecule has 2 saturated heterocycles. The van der Waals surface area contributed by atoms with Gasteiger partial charge in [0.05, 0.1) is 4.88 Å². The van der Waals surface area contributed by atoms with Crippen molar-refractivity contribution in [1.29, 1.82) is 0 Å². The minimum atomic E-state index is 0. The molecule has 0 aliphatic carbocycles. The van der Waals surface area contributed by atoms with Crippen molar-refractivity contribution >= 4 is 29.7 Å². The molecule has 1 N–H and O–H groups in total. The summed E-state index contributed by atoms with van der Waals surface area (Å²) >= 11 is 1.57. The van der Waals surface area contributed by atoms with Crippen LogP contribution in [0.15, 0.2) is 11.4 Å². The third kappa shape index (κ3) is 2.42. The molecule has 0 bridgehead atoms. The third-order valence-electron chi connectivity index (χ3n) is 4.05. The fourth-order valence-electron chi connectivity index (χ4n) is 2.95. The van der Waals surface area contributed by atoms with Gasteiger partial charge in [0.2, 0.25) is 0 Å². The van der Waals surface area contributed by atoms with Crippen molar-refractivity contribution in [3.05, 3.63) is 21.9 Å². The van der Waals surface area contributed by atoms with Gasteiger partial charge in [-0.05, 0) is 55.3 Å². The van der Waals surface area contributed by atoms with Gasteiger partial charge in [0, 0.05) is 13.1 Å². The Balaban J connectivity index is 0.00000120. The zero-order valence-electron chi connectivity index (χ0n) is 10.5. The number of rotatable bonds is 1. The van der Waals surface area contributed by atoms with Crippen LogP contribution in [0.1, 0.15) is 21.7 Å². The second kappa shape index (κ2) is 5.59. The van der Waals surface area contributed by atoms with E-state index < -0.39 is 0 Å². The molecule has 100 valence electrons. The molecule has 0 radical (unpaired) electrons. The first kappa shape index (κ1) is 13.8. The predicted molar refractivity (Wildman–Crippen MR) is 76.7 cm³/mol. The normalized spacial score (nSPS) is 26.6. The number of thiophene rings is 1. The van der Waals surface area contributed by atoms with E-state index in [0.29, 0.717) is 5.92 Å². The van der Waals surface area contributed by atoms with Crippen molar-refractivity contribution in [2.24, 2.45) is 11.8 Å². The van der Waals surface area contributed by atoms with E-state index in [1.807, 2.05) is 23.3 Å². The number of piperidine rings is 1. The highest BCUT2D eigenvalue weighted by atomic mass is 35.5. The second-order valence-corrected chi connectivity index (χ2v) is 6.07. The zero-order chi connectivity index (χ0) is 11.8. The lowest BCUT2D eigenvalue weighted by molar-refractivity contribution is 0.0647. The Morgan fingerprint density at radius 3 is 2.94 bits per heavy atom. The summed E-state index contributed by atoms with van der Waals surface area (Å²) in [7, 11) is 0. The molecule has 2 aliphatic heterocycles. The molecule has 0 aromatic carbocycles. The van der Waals surface area contributed by atoms with Gasteiger partial charge < -0.3 is 10.2 Å². The van der Waals surface area contributed by atoms with Crippen molar-refractivity contribution in [3.8, 4) is 0 Å². The van der Waals surface area contributed by atoms with Crippen LogP contribution < -0.4 is 5.32 Å². The number of nitrogens with zero attached hydrogens (tertiary/aromatic N) is 1. The van der Waals surface area contributed by atoms with E-state index in [-0.39, 0.29) is 18.3 Å². The van der Waals surface area contributed by atoms with Crippen LogP contribution in [0.4, 0.5) is 0 Å². The van der Waals surface area contributed by atoms with Crippen molar-refractivity contribution in [1.82, 2.24) is 10.2 Å². The lowest BCUT2D eigenvalue weighted by atomic mass is 9.88. The van der Waals surface area contributed by atoms with Crippen LogP contribution in [0.25, 0.3) is 0 Å². The van der Waals surface area contributed by atoms with Crippen molar-refractivity contribution in [3.63, 3.8) is 0 Å². The summed E-state index contributed by atoms with van der Waals surface area (Å²) in [4.78, 5) is 15.4. The average molecular weight is 287 g/mol. The Kier molecular flexibility index (Phi) is 4.30. The van der Waals surface area contributed by atoms with Crippen molar-refractivity contribution in [2.45, 2.75) is 13.3 Å². The van der Waals surface area contributed by atoms with Gasteiger partial charge in [0.15, 0.2) is 0 Å². The first-order valence-electron chi connectivity index (χ1n) is 6.30. The number of likely N-dealkylation sites (tertiary alicyclic amines) is 1. The summed E-state index contributed by atoms with van der Waals surface area (Å²) < 4.78 is 0. The van der Waals surface area contributed by atoms with Crippen molar-refractivity contribution in [2.75, 3.05) is 26.2 Å². The zero-order valence-corrected chi connectivity index (χ0v) is 12.1. The third-order valence-corrected chi connectivity index (χ3v) is 5.05. The van der Waals surface area contributed by atoms with Gasteiger partial charge >= 0.3 is 0 Å². The summed E-state index contributed by atoms with van der Waals surface area (Å²) in [5.74, 6) is 1.71. The number of nitrogens with one attached hydrogen (secondary N) is 1. The van der Waals surface area contributed by atoms with Crippen LogP contribution in [-0.4, -0.2) is 37.0 Å². The molecule has 3 heterocycles. The summed E-state index contributed by atoms with van der Waals surface area (Å²) in [6.45, 7) is 6.11. The number of halogens is 1. The number of fused-ring (bicyclic) bond motifs is 1. The molecule has 1 aromatic heterocycles. The molecule has 3 nitrogen and oxygen atoms in total. The lowest BCUT2D eigenvalue weighted by Gasteiger charge is -2.34. The van der Waals surface area contributed by atoms with Gasteiger partial charge in [0.1, 0.15) is 0 Å². The first-order valence-corrected chi connectivity index (χ1v) is 7.18. The molecule has 1 amide bonds. The van der Waals surface area contributed by atoms with Crippen LogP contribution in [0, 0.1) is 18.8 Å². The van der Waals surface area contributed by atoms with Gasteiger partial charge in [0.25, 0.3) is 5.91 Å². The molecular weight excluding hydrogens is 268 g/mol.